The third kappa shape index (κ3) is 5.14. The number of nitrogens with zero attached hydrogens (tertiary/aromatic N) is 2. The van der Waals surface area contributed by atoms with Gasteiger partial charge in [0.05, 0.1) is 16.8 Å². The van der Waals surface area contributed by atoms with Crippen molar-refractivity contribution in [2.75, 3.05) is 11.1 Å². The molecule has 0 radical (unpaired) electrons. The topological polar surface area (TPSA) is 84.0 Å². The summed E-state index contributed by atoms with van der Waals surface area (Å²) in [4.78, 5) is 35.8. The Bertz CT molecular complexity index is 1130. The molecule has 2 N–H and O–H groups in total. The molecule has 0 saturated heterocycles. The number of benzene rings is 1. The van der Waals surface area contributed by atoms with Crippen LogP contribution >= 0.6 is 34.7 Å². The second kappa shape index (κ2) is 10.5. The van der Waals surface area contributed by atoms with Gasteiger partial charge in [-0.2, -0.15) is 0 Å². The van der Waals surface area contributed by atoms with Gasteiger partial charge in [-0.25, -0.2) is 9.97 Å². The standard InChI is InChI=1S/C23H23ClN4O2S2/c1-2-31-23-26-13-16(24)19(27-23)21(30)28-22-18(15-10-6-7-11-17(15)32-22)20(29)25-12-14-8-4-3-5-9-14/h3-5,8-9,13H,2,6-7,10-12H2,1H3,(H,25,29)(H,28,30). The lowest BCUT2D eigenvalue weighted by molar-refractivity contribution is 0.0951. The van der Waals surface area contributed by atoms with Gasteiger partial charge >= 0.3 is 0 Å². The van der Waals surface area contributed by atoms with Crippen LogP contribution in [0.1, 0.15) is 56.6 Å². The number of thioether (sulfide) groups is 1. The van der Waals surface area contributed by atoms with Crippen LogP contribution in [0.25, 0.3) is 0 Å². The fraction of sp³-hybridized carbons (Fsp3) is 0.304. The van der Waals surface area contributed by atoms with E-state index in [2.05, 4.69) is 20.6 Å². The predicted molar refractivity (Wildman–Crippen MR) is 130 cm³/mol. The molecule has 6 nitrogen and oxygen atoms in total. The fourth-order valence-corrected chi connectivity index (χ4v) is 5.63. The molecule has 0 fully saturated rings. The smallest absolute Gasteiger partial charge is 0.276 e. The summed E-state index contributed by atoms with van der Waals surface area (Å²) < 4.78 is 0. The van der Waals surface area contributed by atoms with Gasteiger partial charge in [-0.3, -0.25) is 9.59 Å². The Balaban J connectivity index is 1.60. The van der Waals surface area contributed by atoms with Crippen LogP contribution in [-0.2, 0) is 19.4 Å². The normalized spacial score (nSPS) is 12.8. The van der Waals surface area contributed by atoms with E-state index in [0.717, 1.165) is 47.4 Å². The van der Waals surface area contributed by atoms with Crippen molar-refractivity contribution in [2.45, 2.75) is 44.3 Å². The van der Waals surface area contributed by atoms with Crippen LogP contribution in [0, 0.1) is 0 Å². The van der Waals surface area contributed by atoms with Crippen LogP contribution < -0.4 is 10.6 Å². The summed E-state index contributed by atoms with van der Waals surface area (Å²) in [6.45, 7) is 2.41. The number of thiophene rings is 1. The van der Waals surface area contributed by atoms with E-state index in [1.807, 2.05) is 37.3 Å². The molecule has 2 aromatic heterocycles. The van der Waals surface area contributed by atoms with E-state index < -0.39 is 5.91 Å². The summed E-state index contributed by atoms with van der Waals surface area (Å²) in [7, 11) is 0. The molecule has 0 unspecified atom stereocenters. The average Bonchev–Trinajstić information content (AvgIpc) is 3.17. The number of aromatic nitrogens is 2. The van der Waals surface area contributed by atoms with Gasteiger partial charge in [-0.1, -0.05) is 60.6 Å². The van der Waals surface area contributed by atoms with Crippen molar-refractivity contribution < 1.29 is 9.59 Å². The number of carbonyl (C=O) groups excluding carboxylic acids is 2. The van der Waals surface area contributed by atoms with Crippen LogP contribution in [0.15, 0.2) is 41.7 Å². The Labute approximate surface area is 200 Å². The highest BCUT2D eigenvalue weighted by molar-refractivity contribution is 7.99. The molecule has 1 aromatic carbocycles. The molecule has 9 heteroatoms. The zero-order chi connectivity index (χ0) is 22.5. The number of halogens is 1. The minimum absolute atomic E-state index is 0.111. The van der Waals surface area contributed by atoms with Crippen molar-refractivity contribution in [1.82, 2.24) is 15.3 Å². The van der Waals surface area contributed by atoms with Gasteiger partial charge in [0, 0.05) is 11.4 Å². The van der Waals surface area contributed by atoms with Gasteiger partial charge < -0.3 is 10.6 Å². The molecule has 3 aromatic rings. The molecule has 1 aliphatic rings. The zero-order valence-corrected chi connectivity index (χ0v) is 20.0. The Hall–Kier alpha value is -2.42. The van der Waals surface area contributed by atoms with E-state index in [4.69, 9.17) is 11.6 Å². The van der Waals surface area contributed by atoms with Gasteiger partial charge in [0.15, 0.2) is 10.9 Å². The van der Waals surface area contributed by atoms with Crippen LogP contribution in [-0.4, -0.2) is 27.5 Å². The Morgan fingerprint density at radius 2 is 1.94 bits per heavy atom. The largest absolute Gasteiger partial charge is 0.348 e. The first-order chi connectivity index (χ1) is 15.6. The summed E-state index contributed by atoms with van der Waals surface area (Å²) in [5.74, 6) is 0.164. The van der Waals surface area contributed by atoms with Gasteiger partial charge in [-0.05, 0) is 42.6 Å². The highest BCUT2D eigenvalue weighted by atomic mass is 35.5. The zero-order valence-electron chi connectivity index (χ0n) is 17.6. The van der Waals surface area contributed by atoms with Crippen LogP contribution in [0.4, 0.5) is 5.00 Å². The lowest BCUT2D eigenvalue weighted by atomic mass is 9.95. The molecule has 32 heavy (non-hydrogen) atoms. The van der Waals surface area contributed by atoms with E-state index in [0.29, 0.717) is 22.3 Å². The molecule has 1 aliphatic carbocycles. The third-order valence-electron chi connectivity index (χ3n) is 5.13. The molecule has 4 rings (SSSR count). The number of rotatable bonds is 7. The number of fused-ring (bicyclic) bond motifs is 1. The fourth-order valence-electron chi connectivity index (χ4n) is 3.63. The maximum Gasteiger partial charge on any atom is 0.276 e. The summed E-state index contributed by atoms with van der Waals surface area (Å²) >= 11 is 9.11. The van der Waals surface area contributed by atoms with E-state index in [9.17, 15) is 9.59 Å². The summed E-state index contributed by atoms with van der Waals surface area (Å²) in [6.07, 6.45) is 5.31. The van der Waals surface area contributed by atoms with Crippen LogP contribution in [0.3, 0.4) is 0 Å². The molecule has 2 amide bonds. The molecule has 0 spiro atoms. The molecule has 0 aliphatic heterocycles. The number of nitrogens with one attached hydrogen (secondary N) is 2. The number of carbonyl (C=O) groups is 2. The number of amides is 2. The Morgan fingerprint density at radius 3 is 2.72 bits per heavy atom. The van der Waals surface area contributed by atoms with Gasteiger partial charge in [0.1, 0.15) is 5.00 Å². The van der Waals surface area contributed by atoms with Gasteiger partial charge in [0.25, 0.3) is 11.8 Å². The van der Waals surface area contributed by atoms with Gasteiger partial charge in [0.2, 0.25) is 0 Å². The van der Waals surface area contributed by atoms with Crippen LogP contribution in [0.5, 0.6) is 0 Å². The molecule has 166 valence electrons. The molecule has 2 heterocycles. The monoisotopic (exact) mass is 486 g/mol. The lowest BCUT2D eigenvalue weighted by Crippen LogP contribution is -2.25. The number of aryl methyl sites for hydroxylation is 1. The molecular weight excluding hydrogens is 464 g/mol. The van der Waals surface area contributed by atoms with Crippen molar-refractivity contribution in [3.63, 3.8) is 0 Å². The average molecular weight is 487 g/mol. The SMILES string of the molecule is CCSc1ncc(Cl)c(C(=O)Nc2sc3c(c2C(=O)NCc2ccccc2)CCCC3)n1. The number of anilines is 1. The number of hydrogen-bond acceptors (Lipinski definition) is 6. The van der Waals surface area contributed by atoms with Crippen molar-refractivity contribution in [3.8, 4) is 0 Å². The molecule has 0 saturated carbocycles. The van der Waals surface area contributed by atoms with E-state index in [1.165, 1.54) is 29.3 Å². The first-order valence-electron chi connectivity index (χ1n) is 10.5. The maximum atomic E-state index is 13.2. The highest BCUT2D eigenvalue weighted by Gasteiger charge is 2.27. The number of hydrogen-bond donors (Lipinski definition) is 2. The second-order valence-electron chi connectivity index (χ2n) is 7.32. The summed E-state index contributed by atoms with van der Waals surface area (Å²) in [6, 6.07) is 9.76. The van der Waals surface area contributed by atoms with E-state index in [1.54, 1.807) is 0 Å². The third-order valence-corrected chi connectivity index (χ3v) is 7.36. The minimum atomic E-state index is -0.439. The predicted octanol–water partition coefficient (Wildman–Crippen LogP) is 5.36. The summed E-state index contributed by atoms with van der Waals surface area (Å²) in [5.41, 5.74) is 2.73. The Morgan fingerprint density at radius 1 is 1.16 bits per heavy atom. The minimum Gasteiger partial charge on any atom is -0.348 e. The summed E-state index contributed by atoms with van der Waals surface area (Å²) in [5, 5.41) is 7.13. The van der Waals surface area contributed by atoms with E-state index in [-0.39, 0.29) is 16.6 Å². The van der Waals surface area contributed by atoms with Crippen molar-refractivity contribution in [3.05, 3.63) is 68.8 Å². The lowest BCUT2D eigenvalue weighted by Gasteiger charge is -2.13. The first kappa shape index (κ1) is 22.8. The van der Waals surface area contributed by atoms with E-state index >= 15 is 0 Å². The maximum absolute atomic E-state index is 13.2. The molecule has 0 bridgehead atoms. The first-order valence-corrected chi connectivity index (χ1v) is 12.7. The molecular formula is C23H23ClN4O2S2. The highest BCUT2D eigenvalue weighted by Crippen LogP contribution is 2.38. The van der Waals surface area contributed by atoms with Crippen LogP contribution in [0.2, 0.25) is 5.02 Å². The molecule has 0 atom stereocenters. The Kier molecular flexibility index (Phi) is 7.44. The van der Waals surface area contributed by atoms with Crippen molar-refractivity contribution in [2.24, 2.45) is 0 Å². The quantitative estimate of drug-likeness (QED) is 0.346. The second-order valence-corrected chi connectivity index (χ2v) is 10.1. The van der Waals surface area contributed by atoms with Crippen molar-refractivity contribution >= 4 is 51.5 Å². The van der Waals surface area contributed by atoms with Gasteiger partial charge in [-0.15, -0.1) is 11.3 Å². The van der Waals surface area contributed by atoms with Crippen molar-refractivity contribution in [1.29, 1.82) is 0 Å².